The summed E-state index contributed by atoms with van der Waals surface area (Å²) in [7, 11) is 0. The van der Waals surface area contributed by atoms with Crippen molar-refractivity contribution in [1.82, 2.24) is 9.97 Å². The van der Waals surface area contributed by atoms with E-state index < -0.39 is 0 Å². The Morgan fingerprint density at radius 3 is 2.88 bits per heavy atom. The van der Waals surface area contributed by atoms with Crippen molar-refractivity contribution in [3.63, 3.8) is 0 Å². The number of thiophene rings is 1. The van der Waals surface area contributed by atoms with Crippen molar-refractivity contribution in [1.29, 1.82) is 0 Å². The van der Waals surface area contributed by atoms with Gasteiger partial charge in [-0.1, -0.05) is 23.4 Å². The van der Waals surface area contributed by atoms with Crippen LogP contribution in [-0.4, -0.2) is 16.2 Å². The molecule has 6 heteroatoms. The van der Waals surface area contributed by atoms with Crippen molar-refractivity contribution in [2.75, 3.05) is 11.6 Å². The predicted octanol–water partition coefficient (Wildman–Crippen LogP) is 3.83. The van der Waals surface area contributed by atoms with E-state index in [1.165, 1.54) is 21.5 Å². The summed E-state index contributed by atoms with van der Waals surface area (Å²) in [5.41, 5.74) is 0. The number of halogens is 1. The Hall–Kier alpha value is -0.780. The molecule has 0 spiro atoms. The first-order valence-corrected chi connectivity index (χ1v) is 7.47. The minimum Gasteiger partial charge on any atom is -0.365 e. The molecule has 2 heterocycles. The van der Waals surface area contributed by atoms with Crippen molar-refractivity contribution < 1.29 is 0 Å². The van der Waals surface area contributed by atoms with E-state index in [9.17, 15) is 0 Å². The Morgan fingerprint density at radius 1 is 1.41 bits per heavy atom. The van der Waals surface area contributed by atoms with Crippen LogP contribution in [0.3, 0.4) is 0 Å². The first-order chi connectivity index (χ1) is 8.17. The van der Waals surface area contributed by atoms with E-state index in [-0.39, 0.29) is 0 Å². The van der Waals surface area contributed by atoms with E-state index >= 15 is 0 Å². The van der Waals surface area contributed by atoms with Gasteiger partial charge in [0.1, 0.15) is 11.0 Å². The third-order valence-corrected chi connectivity index (χ3v) is 3.84. The van der Waals surface area contributed by atoms with Gasteiger partial charge in [0.25, 0.3) is 0 Å². The van der Waals surface area contributed by atoms with Crippen LogP contribution in [0.1, 0.15) is 9.75 Å². The Labute approximate surface area is 114 Å². The molecule has 0 atom stereocenters. The molecule has 0 bridgehead atoms. The lowest BCUT2D eigenvalue weighted by molar-refractivity contribution is 0.959. The molecule has 0 amide bonds. The van der Waals surface area contributed by atoms with Gasteiger partial charge in [0.05, 0.1) is 6.54 Å². The zero-order valence-corrected chi connectivity index (χ0v) is 11.9. The van der Waals surface area contributed by atoms with Gasteiger partial charge < -0.3 is 5.32 Å². The van der Waals surface area contributed by atoms with Crippen LogP contribution in [0, 0.1) is 6.92 Å². The first-order valence-electron chi connectivity index (χ1n) is 5.05. The molecule has 2 aromatic rings. The standard InChI is InChI=1S/C11H12ClN3S2/c1-7-3-4-8(17-7)6-13-10-5-9(12)14-11(15-10)16-2/h3-5H,6H2,1-2H3,(H,13,14,15). The maximum atomic E-state index is 5.91. The highest BCUT2D eigenvalue weighted by Gasteiger charge is 2.03. The fourth-order valence-electron chi connectivity index (χ4n) is 1.34. The van der Waals surface area contributed by atoms with Crippen LogP contribution < -0.4 is 5.32 Å². The lowest BCUT2D eigenvalue weighted by atomic mass is 10.4. The molecule has 0 aliphatic heterocycles. The van der Waals surface area contributed by atoms with Gasteiger partial charge in [-0.15, -0.1) is 11.3 Å². The summed E-state index contributed by atoms with van der Waals surface area (Å²) in [6.07, 6.45) is 1.93. The molecule has 2 aromatic heterocycles. The highest BCUT2D eigenvalue weighted by atomic mass is 35.5. The number of thioether (sulfide) groups is 1. The monoisotopic (exact) mass is 285 g/mol. The molecule has 0 aromatic carbocycles. The van der Waals surface area contributed by atoms with E-state index in [1.807, 2.05) is 6.26 Å². The smallest absolute Gasteiger partial charge is 0.190 e. The molecule has 90 valence electrons. The number of anilines is 1. The molecular formula is C11H12ClN3S2. The highest BCUT2D eigenvalue weighted by Crippen LogP contribution is 2.19. The van der Waals surface area contributed by atoms with Crippen molar-refractivity contribution in [3.8, 4) is 0 Å². The van der Waals surface area contributed by atoms with Gasteiger partial charge in [-0.2, -0.15) is 0 Å². The van der Waals surface area contributed by atoms with Crippen molar-refractivity contribution in [2.45, 2.75) is 18.6 Å². The Morgan fingerprint density at radius 2 is 2.24 bits per heavy atom. The lowest BCUT2D eigenvalue weighted by Crippen LogP contribution is -2.01. The van der Waals surface area contributed by atoms with Crippen LogP contribution in [0.4, 0.5) is 5.82 Å². The number of nitrogens with zero attached hydrogens (tertiary/aromatic N) is 2. The van der Waals surface area contributed by atoms with Gasteiger partial charge in [0.15, 0.2) is 5.16 Å². The zero-order valence-electron chi connectivity index (χ0n) is 9.53. The van der Waals surface area contributed by atoms with Crippen molar-refractivity contribution in [3.05, 3.63) is 33.1 Å². The fraction of sp³-hybridized carbons (Fsp3) is 0.273. The van der Waals surface area contributed by atoms with Crippen LogP contribution in [0.5, 0.6) is 0 Å². The van der Waals surface area contributed by atoms with E-state index in [2.05, 4.69) is 34.3 Å². The summed E-state index contributed by atoms with van der Waals surface area (Å²) in [5.74, 6) is 0.764. The van der Waals surface area contributed by atoms with Gasteiger partial charge in [-0.05, 0) is 25.3 Å². The number of hydrogen-bond donors (Lipinski definition) is 1. The van der Waals surface area contributed by atoms with E-state index in [0.717, 1.165) is 12.4 Å². The van der Waals surface area contributed by atoms with E-state index in [1.54, 1.807) is 17.4 Å². The number of hydrogen-bond acceptors (Lipinski definition) is 5. The predicted molar refractivity (Wildman–Crippen MR) is 75.2 cm³/mol. The molecule has 0 unspecified atom stereocenters. The lowest BCUT2D eigenvalue weighted by Gasteiger charge is -2.05. The average molecular weight is 286 g/mol. The van der Waals surface area contributed by atoms with E-state index in [0.29, 0.717) is 10.3 Å². The largest absolute Gasteiger partial charge is 0.365 e. The summed E-state index contributed by atoms with van der Waals surface area (Å²) in [6, 6.07) is 5.97. The quantitative estimate of drug-likeness (QED) is 0.526. The number of rotatable bonds is 4. The van der Waals surface area contributed by atoms with Gasteiger partial charge in [-0.3, -0.25) is 0 Å². The number of aryl methyl sites for hydroxylation is 1. The Bertz CT molecular complexity index is 513. The third-order valence-electron chi connectivity index (χ3n) is 2.10. The number of nitrogens with one attached hydrogen (secondary N) is 1. The summed E-state index contributed by atoms with van der Waals surface area (Å²) >= 11 is 9.17. The van der Waals surface area contributed by atoms with E-state index in [4.69, 9.17) is 11.6 Å². The van der Waals surface area contributed by atoms with Gasteiger partial charge in [0.2, 0.25) is 0 Å². The minimum absolute atomic E-state index is 0.467. The maximum absolute atomic E-state index is 5.91. The molecule has 0 aliphatic rings. The summed E-state index contributed by atoms with van der Waals surface area (Å²) in [5, 5.41) is 4.40. The normalized spacial score (nSPS) is 10.5. The van der Waals surface area contributed by atoms with Crippen LogP contribution >= 0.6 is 34.7 Å². The SMILES string of the molecule is CSc1nc(Cl)cc(NCc2ccc(C)s2)n1. The second-order valence-corrected chi connectivity index (χ2v) is 5.96. The molecule has 17 heavy (non-hydrogen) atoms. The molecule has 0 saturated heterocycles. The number of aromatic nitrogens is 2. The molecule has 0 fully saturated rings. The van der Waals surface area contributed by atoms with Crippen molar-refractivity contribution in [2.24, 2.45) is 0 Å². The van der Waals surface area contributed by atoms with Gasteiger partial charge >= 0.3 is 0 Å². The van der Waals surface area contributed by atoms with Gasteiger partial charge in [-0.25, -0.2) is 9.97 Å². The van der Waals surface area contributed by atoms with Crippen LogP contribution in [-0.2, 0) is 6.54 Å². The van der Waals surface area contributed by atoms with Gasteiger partial charge in [0, 0.05) is 15.8 Å². The molecule has 0 aliphatic carbocycles. The van der Waals surface area contributed by atoms with Crippen LogP contribution in [0.2, 0.25) is 5.15 Å². The van der Waals surface area contributed by atoms with Crippen LogP contribution in [0.15, 0.2) is 23.4 Å². The molecule has 0 saturated carbocycles. The highest BCUT2D eigenvalue weighted by molar-refractivity contribution is 7.98. The maximum Gasteiger partial charge on any atom is 0.190 e. The second-order valence-electron chi connectivity index (χ2n) is 3.43. The Balaban J connectivity index is 2.05. The molecule has 2 rings (SSSR count). The fourth-order valence-corrected chi connectivity index (χ4v) is 2.78. The zero-order chi connectivity index (χ0) is 12.3. The summed E-state index contributed by atoms with van der Waals surface area (Å²) < 4.78 is 0. The topological polar surface area (TPSA) is 37.8 Å². The summed E-state index contributed by atoms with van der Waals surface area (Å²) in [6.45, 7) is 2.86. The molecular weight excluding hydrogens is 274 g/mol. The third kappa shape index (κ3) is 3.59. The van der Waals surface area contributed by atoms with Crippen molar-refractivity contribution >= 4 is 40.5 Å². The molecule has 3 nitrogen and oxygen atoms in total. The first kappa shape index (κ1) is 12.7. The average Bonchev–Trinajstić information content (AvgIpc) is 2.72. The second kappa shape index (κ2) is 5.71. The van der Waals surface area contributed by atoms with Crippen LogP contribution in [0.25, 0.3) is 0 Å². The minimum atomic E-state index is 0.467. The Kier molecular flexibility index (Phi) is 4.25. The molecule has 1 N–H and O–H groups in total. The molecule has 0 radical (unpaired) electrons. The summed E-state index contributed by atoms with van der Waals surface area (Å²) in [4.78, 5) is 11.0.